The minimum Gasteiger partial charge on any atom is -0.460 e. The summed E-state index contributed by atoms with van der Waals surface area (Å²) in [4.78, 5) is 32.8. The number of ether oxygens (including phenoxy) is 1. The van der Waals surface area contributed by atoms with Crippen molar-refractivity contribution in [2.75, 3.05) is 0 Å². The normalized spacial score (nSPS) is 23.6. The van der Waals surface area contributed by atoms with Crippen LogP contribution in [0.1, 0.15) is 75.7 Å². The van der Waals surface area contributed by atoms with Gasteiger partial charge < -0.3 is 15.0 Å². The van der Waals surface area contributed by atoms with Gasteiger partial charge in [0.25, 0.3) is 5.91 Å². The molecule has 0 radical (unpaired) electrons. The SMILES string of the molecule is CC(C)C[C@@H]1C[C@@H]([C@H](CC2CCCCC2)NC(=O)c2cc3ccncc3[nH]2)OC1=O. The van der Waals surface area contributed by atoms with Crippen LogP contribution in [-0.4, -0.2) is 34.0 Å². The number of carbonyl (C=O) groups excluding carboxylic acids is 2. The molecule has 2 aromatic heterocycles. The first-order valence-corrected chi connectivity index (χ1v) is 11.4. The second kappa shape index (κ2) is 9.19. The molecular formula is C24H33N3O3. The molecule has 1 aliphatic heterocycles. The van der Waals surface area contributed by atoms with Crippen LogP contribution in [0, 0.1) is 17.8 Å². The van der Waals surface area contributed by atoms with Crippen molar-refractivity contribution >= 4 is 22.8 Å². The van der Waals surface area contributed by atoms with E-state index >= 15 is 0 Å². The van der Waals surface area contributed by atoms with Crippen molar-refractivity contribution in [2.24, 2.45) is 17.8 Å². The quantitative estimate of drug-likeness (QED) is 0.652. The molecule has 6 heteroatoms. The van der Waals surface area contributed by atoms with Crippen molar-refractivity contribution in [2.45, 2.75) is 77.4 Å². The number of amides is 1. The minimum atomic E-state index is -0.238. The second-order valence-corrected chi connectivity index (χ2v) is 9.50. The Morgan fingerprint density at radius 1 is 1.27 bits per heavy atom. The molecule has 3 heterocycles. The van der Waals surface area contributed by atoms with Gasteiger partial charge in [0.05, 0.1) is 23.7 Å². The highest BCUT2D eigenvalue weighted by atomic mass is 16.6. The summed E-state index contributed by atoms with van der Waals surface area (Å²) in [5.41, 5.74) is 1.37. The minimum absolute atomic E-state index is 0.0556. The van der Waals surface area contributed by atoms with E-state index in [0.29, 0.717) is 24.0 Å². The van der Waals surface area contributed by atoms with Crippen LogP contribution < -0.4 is 5.32 Å². The van der Waals surface area contributed by atoms with Crippen LogP contribution >= 0.6 is 0 Å². The predicted octanol–water partition coefficient (Wildman–Crippen LogP) is 4.61. The number of esters is 1. The van der Waals surface area contributed by atoms with E-state index in [1.54, 1.807) is 12.4 Å². The molecule has 2 fully saturated rings. The predicted molar refractivity (Wildman–Crippen MR) is 116 cm³/mol. The number of hydrogen-bond donors (Lipinski definition) is 2. The topological polar surface area (TPSA) is 84.1 Å². The van der Waals surface area contributed by atoms with Gasteiger partial charge in [-0.1, -0.05) is 46.0 Å². The molecule has 1 saturated heterocycles. The summed E-state index contributed by atoms with van der Waals surface area (Å²) in [5.74, 6) is 0.731. The smallest absolute Gasteiger partial charge is 0.309 e. The van der Waals surface area contributed by atoms with E-state index in [4.69, 9.17) is 4.74 Å². The van der Waals surface area contributed by atoms with Gasteiger partial charge in [-0.15, -0.1) is 0 Å². The molecule has 30 heavy (non-hydrogen) atoms. The molecule has 162 valence electrons. The lowest BCUT2D eigenvalue weighted by atomic mass is 9.82. The lowest BCUT2D eigenvalue weighted by Gasteiger charge is -2.30. The number of H-pyrrole nitrogens is 1. The first kappa shape index (κ1) is 20.9. The number of cyclic esters (lactones) is 1. The zero-order valence-electron chi connectivity index (χ0n) is 18.0. The number of nitrogens with one attached hydrogen (secondary N) is 2. The molecule has 1 saturated carbocycles. The molecule has 1 aliphatic carbocycles. The van der Waals surface area contributed by atoms with Gasteiger partial charge in [-0.2, -0.15) is 0 Å². The fourth-order valence-corrected chi connectivity index (χ4v) is 5.10. The average Bonchev–Trinajstić information content (AvgIpc) is 3.32. The van der Waals surface area contributed by atoms with Crippen molar-refractivity contribution in [3.05, 3.63) is 30.2 Å². The maximum atomic E-state index is 13.1. The maximum Gasteiger partial charge on any atom is 0.309 e. The van der Waals surface area contributed by atoms with Gasteiger partial charge in [-0.3, -0.25) is 14.6 Å². The summed E-state index contributed by atoms with van der Waals surface area (Å²) in [7, 11) is 0. The molecule has 0 bridgehead atoms. The Hall–Kier alpha value is -2.37. The molecule has 1 amide bonds. The van der Waals surface area contributed by atoms with E-state index < -0.39 is 0 Å². The Balaban J connectivity index is 1.49. The van der Waals surface area contributed by atoms with Gasteiger partial charge in [-0.05, 0) is 43.2 Å². The number of pyridine rings is 1. The zero-order chi connectivity index (χ0) is 21.1. The summed E-state index contributed by atoms with van der Waals surface area (Å²) < 4.78 is 5.80. The van der Waals surface area contributed by atoms with Crippen molar-refractivity contribution < 1.29 is 14.3 Å². The molecule has 4 rings (SSSR count). The molecule has 2 aromatic rings. The first-order valence-electron chi connectivity index (χ1n) is 11.4. The molecule has 2 aliphatic rings. The molecule has 6 nitrogen and oxygen atoms in total. The Morgan fingerprint density at radius 2 is 2.07 bits per heavy atom. The monoisotopic (exact) mass is 411 g/mol. The van der Waals surface area contributed by atoms with Crippen molar-refractivity contribution in [3.8, 4) is 0 Å². The van der Waals surface area contributed by atoms with Gasteiger partial charge in [0.15, 0.2) is 0 Å². The summed E-state index contributed by atoms with van der Waals surface area (Å²) in [5, 5.41) is 4.17. The average molecular weight is 412 g/mol. The van der Waals surface area contributed by atoms with Gasteiger partial charge in [0.2, 0.25) is 0 Å². The third-order valence-corrected chi connectivity index (χ3v) is 6.62. The number of carbonyl (C=O) groups is 2. The number of nitrogens with zero attached hydrogens (tertiary/aromatic N) is 1. The van der Waals surface area contributed by atoms with E-state index in [9.17, 15) is 9.59 Å². The van der Waals surface area contributed by atoms with E-state index in [1.165, 1.54) is 32.1 Å². The fraction of sp³-hybridized carbons (Fsp3) is 0.625. The lowest BCUT2D eigenvalue weighted by molar-refractivity contribution is -0.145. The number of rotatable bonds is 7. The fourth-order valence-electron chi connectivity index (χ4n) is 5.10. The maximum absolute atomic E-state index is 13.1. The third kappa shape index (κ3) is 4.85. The Kier molecular flexibility index (Phi) is 6.40. The van der Waals surface area contributed by atoms with Gasteiger partial charge in [-0.25, -0.2) is 0 Å². The number of fused-ring (bicyclic) bond motifs is 1. The highest BCUT2D eigenvalue weighted by Gasteiger charge is 2.40. The molecule has 0 spiro atoms. The first-order chi connectivity index (χ1) is 14.5. The highest BCUT2D eigenvalue weighted by molar-refractivity contribution is 5.98. The largest absolute Gasteiger partial charge is 0.460 e. The molecule has 0 unspecified atom stereocenters. The Bertz CT molecular complexity index is 852. The standard InChI is InChI=1S/C24H33N3O3/c1-15(2)10-18-13-22(30-24(18)29)19(11-16-6-4-3-5-7-16)27-23(28)20-12-17-8-9-25-14-21(17)26-20/h8-9,12,14-16,18-19,22,26H,3-7,10-11,13H2,1-2H3,(H,27,28)/t18-,19+,22+/m1/s1. The van der Waals surface area contributed by atoms with Crippen molar-refractivity contribution in [1.82, 2.24) is 15.3 Å². The molecular weight excluding hydrogens is 378 g/mol. The Morgan fingerprint density at radius 3 is 2.80 bits per heavy atom. The third-order valence-electron chi connectivity index (χ3n) is 6.62. The number of aromatic amines is 1. The summed E-state index contributed by atoms with van der Waals surface area (Å²) in [6.07, 6.45) is 11.8. The van der Waals surface area contributed by atoms with Gasteiger partial charge >= 0.3 is 5.97 Å². The van der Waals surface area contributed by atoms with Gasteiger partial charge in [0.1, 0.15) is 11.8 Å². The molecule has 2 N–H and O–H groups in total. The molecule has 3 atom stereocenters. The van der Waals surface area contributed by atoms with E-state index in [0.717, 1.165) is 23.7 Å². The van der Waals surface area contributed by atoms with E-state index in [-0.39, 0.29) is 29.9 Å². The highest BCUT2D eigenvalue weighted by Crippen LogP contribution is 2.34. The Labute approximate surface area is 178 Å². The van der Waals surface area contributed by atoms with Crippen LogP contribution in [0.5, 0.6) is 0 Å². The lowest BCUT2D eigenvalue weighted by Crippen LogP contribution is -2.44. The van der Waals surface area contributed by atoms with Crippen LogP contribution in [0.25, 0.3) is 10.9 Å². The molecule has 0 aromatic carbocycles. The van der Waals surface area contributed by atoms with Crippen LogP contribution in [0.15, 0.2) is 24.5 Å². The van der Waals surface area contributed by atoms with Crippen LogP contribution in [0.4, 0.5) is 0 Å². The van der Waals surface area contributed by atoms with E-state index in [2.05, 4.69) is 29.1 Å². The second-order valence-electron chi connectivity index (χ2n) is 9.50. The summed E-state index contributed by atoms with van der Waals surface area (Å²) >= 11 is 0. The number of aromatic nitrogens is 2. The van der Waals surface area contributed by atoms with Crippen molar-refractivity contribution in [1.29, 1.82) is 0 Å². The van der Waals surface area contributed by atoms with Crippen LogP contribution in [0.3, 0.4) is 0 Å². The zero-order valence-corrected chi connectivity index (χ0v) is 18.0. The number of hydrogen-bond acceptors (Lipinski definition) is 4. The van der Waals surface area contributed by atoms with Crippen LogP contribution in [0.2, 0.25) is 0 Å². The van der Waals surface area contributed by atoms with Gasteiger partial charge in [0, 0.05) is 11.6 Å². The van der Waals surface area contributed by atoms with E-state index in [1.807, 2.05) is 12.1 Å². The summed E-state index contributed by atoms with van der Waals surface area (Å²) in [6.45, 7) is 4.26. The van der Waals surface area contributed by atoms with Crippen LogP contribution in [-0.2, 0) is 9.53 Å². The summed E-state index contributed by atoms with van der Waals surface area (Å²) in [6, 6.07) is 3.59. The van der Waals surface area contributed by atoms with Crippen molar-refractivity contribution in [3.63, 3.8) is 0 Å².